The number of halogens is 3. The molecule has 0 saturated heterocycles. The van der Waals surface area contributed by atoms with Crippen LogP contribution in [0.1, 0.15) is 62.5 Å². The van der Waals surface area contributed by atoms with E-state index in [4.69, 9.17) is 11.6 Å². The highest BCUT2D eigenvalue weighted by Gasteiger charge is 2.57. The van der Waals surface area contributed by atoms with Crippen LogP contribution in [0.5, 0.6) is 0 Å². The third-order valence-electron chi connectivity index (χ3n) is 8.49. The van der Waals surface area contributed by atoms with E-state index in [1.807, 2.05) is 6.07 Å². The molecule has 5 nitrogen and oxygen atoms in total. The molecule has 3 aliphatic rings. The fourth-order valence-electron chi connectivity index (χ4n) is 7.07. The van der Waals surface area contributed by atoms with Crippen LogP contribution in [-0.4, -0.2) is 21.8 Å². The number of pyridine rings is 1. The topological polar surface area (TPSA) is 74.6 Å². The quantitative estimate of drug-likeness (QED) is 0.390. The molecule has 2 fully saturated rings. The van der Waals surface area contributed by atoms with E-state index in [-0.39, 0.29) is 29.5 Å². The third-order valence-corrected chi connectivity index (χ3v) is 8.73. The molecule has 0 spiro atoms. The molecular formula is C26H28ClF2N3O2. The molecule has 5 atom stereocenters. The summed E-state index contributed by atoms with van der Waals surface area (Å²) in [6, 6.07) is 6.92. The Hall–Kier alpha value is -2.54. The van der Waals surface area contributed by atoms with E-state index in [1.54, 1.807) is 0 Å². The van der Waals surface area contributed by atoms with E-state index >= 15 is 0 Å². The van der Waals surface area contributed by atoms with Crippen LogP contribution in [0.3, 0.4) is 0 Å². The molecule has 8 heteroatoms. The van der Waals surface area contributed by atoms with Crippen molar-refractivity contribution < 1.29 is 18.8 Å². The first-order chi connectivity index (χ1) is 16.3. The van der Waals surface area contributed by atoms with Crippen molar-refractivity contribution in [3.8, 4) is 0 Å². The molecule has 180 valence electrons. The number of hydrogen-bond donors (Lipinski definition) is 2. The molecule has 1 heterocycles. The lowest BCUT2D eigenvalue weighted by Crippen LogP contribution is -2.44. The first-order valence-corrected chi connectivity index (χ1v) is 12.3. The molecule has 1 aromatic heterocycles. The van der Waals surface area contributed by atoms with Crippen LogP contribution in [-0.2, 0) is 11.2 Å². The Balaban J connectivity index is 1.34. The van der Waals surface area contributed by atoms with Crippen LogP contribution < -0.4 is 5.32 Å². The molecule has 5 rings (SSSR count). The predicted octanol–water partition coefficient (Wildman–Crippen LogP) is 6.34. The van der Waals surface area contributed by atoms with Gasteiger partial charge in [-0.15, -0.1) is 0 Å². The molecule has 3 unspecified atom stereocenters. The van der Waals surface area contributed by atoms with Gasteiger partial charge in [-0.3, -0.25) is 4.79 Å². The SMILES string of the molecule is C[C@]12CCC3c4ccc(Cl)cc4CCC3C1[C@H](CCC(=O)Nc1ncc(F)cc1F)C/C2=N\O. The Morgan fingerprint density at radius 3 is 2.91 bits per heavy atom. The smallest absolute Gasteiger partial charge is 0.225 e. The molecule has 1 amide bonds. The minimum Gasteiger partial charge on any atom is -0.411 e. The lowest BCUT2D eigenvalue weighted by atomic mass is 9.54. The molecule has 2 aromatic rings. The summed E-state index contributed by atoms with van der Waals surface area (Å²) in [5, 5.41) is 16.7. The molecule has 34 heavy (non-hydrogen) atoms. The van der Waals surface area contributed by atoms with E-state index < -0.39 is 11.6 Å². The second-order valence-electron chi connectivity index (χ2n) is 10.2. The minimum atomic E-state index is -0.896. The molecule has 2 N–H and O–H groups in total. The van der Waals surface area contributed by atoms with Gasteiger partial charge in [0.2, 0.25) is 5.91 Å². The highest BCUT2D eigenvalue weighted by molar-refractivity contribution is 6.30. The van der Waals surface area contributed by atoms with Crippen molar-refractivity contribution in [2.24, 2.45) is 28.3 Å². The number of nitrogens with zero attached hydrogens (tertiary/aromatic N) is 2. The standard InChI is InChI=1S/C26H28ClF2N3O2/c1-26-9-8-19-18-6-4-16(27)10-14(18)2-5-20(19)24(26)15(11-22(26)32-34)3-7-23(33)31-25-21(29)12-17(28)13-30-25/h4,6,10,12-13,15,19-20,24,34H,2-3,5,7-9,11H2,1H3,(H,30,31,33)/b32-22+/t15-,19?,20?,24?,26-/m1/s1. The lowest BCUT2D eigenvalue weighted by Gasteiger charge is -2.50. The maximum absolute atomic E-state index is 13.9. The number of fused-ring (bicyclic) bond motifs is 5. The number of nitrogens with one attached hydrogen (secondary N) is 1. The van der Waals surface area contributed by atoms with Crippen molar-refractivity contribution in [2.75, 3.05) is 5.32 Å². The molecule has 0 radical (unpaired) electrons. The van der Waals surface area contributed by atoms with E-state index in [1.165, 1.54) is 11.1 Å². The number of aromatic nitrogens is 1. The Morgan fingerprint density at radius 1 is 1.32 bits per heavy atom. The number of anilines is 1. The van der Waals surface area contributed by atoms with Crippen LogP contribution in [0, 0.1) is 34.8 Å². The second kappa shape index (κ2) is 8.91. The fraction of sp³-hybridized carbons (Fsp3) is 0.500. The molecular weight excluding hydrogens is 460 g/mol. The number of hydrogen-bond acceptors (Lipinski definition) is 4. The van der Waals surface area contributed by atoms with E-state index in [2.05, 4.69) is 34.5 Å². The third kappa shape index (κ3) is 3.98. The Labute approximate surface area is 202 Å². The normalized spacial score (nSPS) is 31.0. The van der Waals surface area contributed by atoms with E-state index in [9.17, 15) is 18.8 Å². The van der Waals surface area contributed by atoms with Crippen LogP contribution in [0.25, 0.3) is 0 Å². The summed E-state index contributed by atoms with van der Waals surface area (Å²) in [5.74, 6) is -0.941. The zero-order valence-electron chi connectivity index (χ0n) is 19.0. The van der Waals surface area contributed by atoms with Crippen molar-refractivity contribution in [3.05, 3.63) is 58.2 Å². The lowest BCUT2D eigenvalue weighted by molar-refractivity contribution is -0.116. The summed E-state index contributed by atoms with van der Waals surface area (Å²) in [7, 11) is 0. The van der Waals surface area contributed by atoms with Crippen molar-refractivity contribution >= 4 is 29.0 Å². The van der Waals surface area contributed by atoms with Crippen molar-refractivity contribution in [2.45, 2.75) is 57.8 Å². The number of carbonyl (C=O) groups excluding carboxylic acids is 1. The second-order valence-corrected chi connectivity index (χ2v) is 10.7. The largest absolute Gasteiger partial charge is 0.411 e. The summed E-state index contributed by atoms with van der Waals surface area (Å²) in [5.41, 5.74) is 3.35. The van der Waals surface area contributed by atoms with Gasteiger partial charge in [-0.2, -0.15) is 0 Å². The van der Waals surface area contributed by atoms with Crippen LogP contribution in [0.4, 0.5) is 14.6 Å². The number of aryl methyl sites for hydroxylation is 1. The summed E-state index contributed by atoms with van der Waals surface area (Å²) >= 11 is 6.24. The monoisotopic (exact) mass is 487 g/mol. The summed E-state index contributed by atoms with van der Waals surface area (Å²) in [4.78, 5) is 16.2. The molecule has 0 aliphatic heterocycles. The predicted molar refractivity (Wildman–Crippen MR) is 126 cm³/mol. The van der Waals surface area contributed by atoms with Crippen molar-refractivity contribution in [1.82, 2.24) is 4.98 Å². The van der Waals surface area contributed by atoms with Gasteiger partial charge in [0.05, 0.1) is 11.9 Å². The van der Waals surface area contributed by atoms with Gasteiger partial charge in [0, 0.05) is 22.9 Å². The van der Waals surface area contributed by atoms with Crippen LogP contribution in [0.15, 0.2) is 35.6 Å². The zero-order chi connectivity index (χ0) is 24.0. The summed E-state index contributed by atoms with van der Waals surface area (Å²) in [6.07, 6.45) is 6.32. The first-order valence-electron chi connectivity index (χ1n) is 11.9. The number of rotatable bonds is 4. The van der Waals surface area contributed by atoms with E-state index in [0.717, 1.165) is 42.6 Å². The van der Waals surface area contributed by atoms with Crippen LogP contribution >= 0.6 is 11.6 Å². The van der Waals surface area contributed by atoms with Gasteiger partial charge < -0.3 is 10.5 Å². The summed E-state index contributed by atoms with van der Waals surface area (Å²) in [6.45, 7) is 2.21. The Morgan fingerprint density at radius 2 is 2.15 bits per heavy atom. The maximum atomic E-state index is 13.9. The zero-order valence-corrected chi connectivity index (χ0v) is 19.8. The number of carbonyl (C=O) groups is 1. The van der Waals surface area contributed by atoms with Gasteiger partial charge in [0.15, 0.2) is 11.6 Å². The highest BCUT2D eigenvalue weighted by atomic mass is 35.5. The van der Waals surface area contributed by atoms with E-state index in [0.29, 0.717) is 36.7 Å². The maximum Gasteiger partial charge on any atom is 0.225 e. The highest BCUT2D eigenvalue weighted by Crippen LogP contribution is 2.62. The first kappa shape index (κ1) is 23.2. The molecule has 2 saturated carbocycles. The average molecular weight is 488 g/mol. The number of benzene rings is 1. The minimum absolute atomic E-state index is 0.189. The molecule has 0 bridgehead atoms. The van der Waals surface area contributed by atoms with Crippen molar-refractivity contribution in [1.29, 1.82) is 0 Å². The van der Waals surface area contributed by atoms with Gasteiger partial charge in [-0.25, -0.2) is 13.8 Å². The summed E-state index contributed by atoms with van der Waals surface area (Å²) < 4.78 is 27.0. The number of oxime groups is 1. The van der Waals surface area contributed by atoms with Gasteiger partial charge in [0.1, 0.15) is 5.82 Å². The van der Waals surface area contributed by atoms with Gasteiger partial charge in [-0.05, 0) is 85.5 Å². The number of amides is 1. The molecule has 3 aliphatic carbocycles. The average Bonchev–Trinajstić information content (AvgIpc) is 3.11. The van der Waals surface area contributed by atoms with Crippen molar-refractivity contribution in [3.63, 3.8) is 0 Å². The Kier molecular flexibility index (Phi) is 6.09. The van der Waals surface area contributed by atoms with Crippen LogP contribution in [0.2, 0.25) is 5.02 Å². The fourth-order valence-corrected chi connectivity index (χ4v) is 7.26. The molecule has 1 aromatic carbocycles. The van der Waals surface area contributed by atoms with Gasteiger partial charge >= 0.3 is 0 Å². The van der Waals surface area contributed by atoms with Gasteiger partial charge in [-0.1, -0.05) is 29.7 Å². The van der Waals surface area contributed by atoms with Gasteiger partial charge in [0.25, 0.3) is 0 Å². The Bertz CT molecular complexity index is 1160.